The van der Waals surface area contributed by atoms with Crippen molar-refractivity contribution >= 4 is 36.8 Å². The third kappa shape index (κ3) is 1.11. The number of hydrogen-bond acceptors (Lipinski definition) is 3. The van der Waals surface area contributed by atoms with E-state index in [1.54, 1.807) is 0 Å². The first-order valence-electron chi connectivity index (χ1n) is 2.02. The van der Waals surface area contributed by atoms with E-state index in [9.17, 15) is 0 Å². The van der Waals surface area contributed by atoms with Gasteiger partial charge in [-0.1, -0.05) is 29.7 Å². The molecule has 1 heterocycles. The summed E-state index contributed by atoms with van der Waals surface area (Å²) >= 11 is 1.37. The summed E-state index contributed by atoms with van der Waals surface area (Å²) in [6.07, 6.45) is 0. The Morgan fingerprint density at radius 1 is 1.75 bits per heavy atom. The van der Waals surface area contributed by atoms with Crippen molar-refractivity contribution in [3.05, 3.63) is 8.58 Å². The van der Waals surface area contributed by atoms with Gasteiger partial charge in [-0.05, 0) is 18.5 Å². The Hall–Kier alpha value is 0.160. The number of aryl methyl sites for hydroxylation is 1. The van der Waals surface area contributed by atoms with Crippen LogP contribution in [0.5, 0.6) is 0 Å². The Bertz CT molecular complexity index is 196. The number of nitrogens with zero attached hydrogens (tertiary/aromatic N) is 2. The van der Waals surface area contributed by atoms with Crippen LogP contribution in [0, 0.1) is 10.6 Å². The average molecular weight is 240 g/mol. The highest BCUT2D eigenvalue weighted by atomic mass is 127. The number of halogens is 1. The van der Waals surface area contributed by atoms with Crippen LogP contribution in [0.4, 0.5) is 0 Å². The average Bonchev–Trinajstić information content (AvgIpc) is 2.14. The quantitative estimate of drug-likeness (QED) is 0.694. The van der Waals surface area contributed by atoms with E-state index in [4.69, 9.17) is 0 Å². The molecular weight excluding hydrogens is 235 g/mol. The SMILES string of the molecule is C=Ic1nnsc1C. The van der Waals surface area contributed by atoms with Gasteiger partial charge in [-0.3, -0.25) is 0 Å². The molecule has 0 saturated carbocycles. The first-order chi connectivity index (χ1) is 3.84. The molecule has 0 aliphatic heterocycles. The molecule has 4 heteroatoms. The molecule has 8 heavy (non-hydrogen) atoms. The van der Waals surface area contributed by atoms with E-state index < -0.39 is 0 Å². The van der Waals surface area contributed by atoms with Gasteiger partial charge in [0.2, 0.25) is 0 Å². The molecule has 0 amide bonds. The minimum Gasteiger partial charge on any atom is -0.132 e. The number of hydrogen-bond donors (Lipinski definition) is 0. The van der Waals surface area contributed by atoms with Gasteiger partial charge in [0.25, 0.3) is 0 Å². The highest BCUT2D eigenvalue weighted by Gasteiger charge is 1.95. The fourth-order valence-electron chi connectivity index (χ4n) is 0.346. The minimum absolute atomic E-state index is 0.0880. The Morgan fingerprint density at radius 3 is 2.75 bits per heavy atom. The lowest BCUT2D eigenvalue weighted by Crippen LogP contribution is -1.71. The van der Waals surface area contributed by atoms with Crippen molar-refractivity contribution in [3.8, 4) is 0 Å². The maximum absolute atomic E-state index is 3.89. The molecule has 1 rings (SSSR count). The van der Waals surface area contributed by atoms with Crippen LogP contribution in [0.2, 0.25) is 0 Å². The molecule has 0 fully saturated rings. The van der Waals surface area contributed by atoms with Crippen molar-refractivity contribution in [2.24, 2.45) is 0 Å². The van der Waals surface area contributed by atoms with Crippen LogP contribution in [0.1, 0.15) is 4.88 Å². The molecule has 0 aromatic carbocycles. The maximum Gasteiger partial charge on any atom is 0.133 e. The van der Waals surface area contributed by atoms with Crippen molar-refractivity contribution in [2.75, 3.05) is 0 Å². The molecule has 1 aromatic rings. The normalized spacial score (nSPS) is 9.62. The standard InChI is InChI=1S/C4H5IN2S/c1-3-4(5-2)6-7-8-3/h2H2,1H3. The lowest BCUT2D eigenvalue weighted by Gasteiger charge is -1.76. The first-order valence-corrected chi connectivity index (χ1v) is 5.39. The van der Waals surface area contributed by atoms with Crippen LogP contribution in [0.15, 0.2) is 0 Å². The van der Waals surface area contributed by atoms with E-state index in [1.165, 1.54) is 16.4 Å². The van der Waals surface area contributed by atoms with Crippen LogP contribution in [0.3, 0.4) is 0 Å². The maximum atomic E-state index is 3.89. The van der Waals surface area contributed by atoms with E-state index in [0.717, 1.165) is 3.70 Å². The molecule has 0 aliphatic carbocycles. The second-order valence-corrected chi connectivity index (χ2v) is 4.00. The summed E-state index contributed by atoms with van der Waals surface area (Å²) in [5.41, 5.74) is 0. The summed E-state index contributed by atoms with van der Waals surface area (Å²) in [4.78, 5) is 1.23. The lowest BCUT2D eigenvalue weighted by atomic mass is 10.7. The topological polar surface area (TPSA) is 25.8 Å². The molecular formula is C4H5IN2S. The first kappa shape index (κ1) is 6.28. The predicted molar refractivity (Wildman–Crippen MR) is 44.5 cm³/mol. The van der Waals surface area contributed by atoms with Gasteiger partial charge in [-0.25, -0.2) is 0 Å². The second-order valence-electron chi connectivity index (χ2n) is 1.25. The molecule has 0 aliphatic rings. The van der Waals surface area contributed by atoms with Crippen LogP contribution in [0.25, 0.3) is 0 Å². The summed E-state index contributed by atoms with van der Waals surface area (Å²) in [6, 6.07) is 0. The van der Waals surface area contributed by atoms with Gasteiger partial charge in [0.1, 0.15) is 3.70 Å². The highest BCUT2D eigenvalue weighted by Crippen LogP contribution is 2.13. The van der Waals surface area contributed by atoms with Crippen LogP contribution >= 0.6 is 32.3 Å². The zero-order valence-corrected chi connectivity index (χ0v) is 7.36. The van der Waals surface area contributed by atoms with E-state index in [1.807, 2.05) is 6.92 Å². The Morgan fingerprint density at radius 2 is 2.50 bits per heavy atom. The van der Waals surface area contributed by atoms with Crippen molar-refractivity contribution in [3.63, 3.8) is 0 Å². The molecule has 0 radical (unpaired) electrons. The van der Waals surface area contributed by atoms with Gasteiger partial charge >= 0.3 is 0 Å². The zero-order chi connectivity index (χ0) is 5.98. The van der Waals surface area contributed by atoms with E-state index in [-0.39, 0.29) is 20.7 Å². The highest BCUT2D eigenvalue weighted by molar-refractivity contribution is 14.2. The van der Waals surface area contributed by atoms with Crippen LogP contribution < -0.4 is 0 Å². The minimum atomic E-state index is -0.0880. The fraction of sp³-hybridized carbons (Fsp3) is 0.250. The third-order valence-electron chi connectivity index (χ3n) is 0.723. The molecule has 0 atom stereocenters. The lowest BCUT2D eigenvalue weighted by molar-refractivity contribution is 1.11. The summed E-state index contributed by atoms with van der Waals surface area (Å²) in [5, 5.41) is 3.89. The zero-order valence-electron chi connectivity index (χ0n) is 4.39. The molecule has 2 nitrogen and oxygen atoms in total. The van der Waals surface area contributed by atoms with Gasteiger partial charge in [-0.2, -0.15) is 0 Å². The largest absolute Gasteiger partial charge is 0.133 e. The van der Waals surface area contributed by atoms with Gasteiger partial charge in [-0.15, -0.1) is 5.10 Å². The fourth-order valence-corrected chi connectivity index (χ4v) is 2.31. The summed E-state index contributed by atoms with van der Waals surface area (Å²) in [5.74, 6) is 0. The van der Waals surface area contributed by atoms with E-state index >= 15 is 0 Å². The third-order valence-corrected chi connectivity index (χ3v) is 3.47. The van der Waals surface area contributed by atoms with Crippen LogP contribution in [-0.2, 0) is 0 Å². The summed E-state index contributed by atoms with van der Waals surface area (Å²) < 4.78 is 8.71. The van der Waals surface area contributed by atoms with Crippen molar-refractivity contribution in [1.82, 2.24) is 9.59 Å². The van der Waals surface area contributed by atoms with Gasteiger partial charge < -0.3 is 0 Å². The molecule has 44 valence electrons. The van der Waals surface area contributed by atoms with E-state index in [2.05, 4.69) is 14.1 Å². The molecule has 0 unspecified atom stereocenters. The smallest absolute Gasteiger partial charge is 0.132 e. The molecule has 0 saturated heterocycles. The van der Waals surface area contributed by atoms with Gasteiger partial charge in [0, 0.05) is 0 Å². The van der Waals surface area contributed by atoms with Crippen molar-refractivity contribution in [1.29, 1.82) is 0 Å². The monoisotopic (exact) mass is 240 g/mol. The Kier molecular flexibility index (Phi) is 2.07. The predicted octanol–water partition coefficient (Wildman–Crippen LogP) is 1.42. The van der Waals surface area contributed by atoms with Crippen LogP contribution in [-0.4, -0.2) is 14.1 Å². The summed E-state index contributed by atoms with van der Waals surface area (Å²) in [7, 11) is 0. The molecule has 1 aromatic heterocycles. The second kappa shape index (κ2) is 2.63. The Balaban J connectivity index is 3.09. The number of aromatic nitrogens is 2. The summed E-state index contributed by atoms with van der Waals surface area (Å²) in [6.45, 7) is 2.03. The number of rotatable bonds is 1. The van der Waals surface area contributed by atoms with Crippen molar-refractivity contribution in [2.45, 2.75) is 6.92 Å². The molecule has 0 N–H and O–H groups in total. The van der Waals surface area contributed by atoms with Gasteiger partial charge in [0.05, 0.1) is 4.88 Å². The Labute approximate surface area is 61.8 Å². The van der Waals surface area contributed by atoms with E-state index in [0.29, 0.717) is 0 Å². The molecule has 0 spiro atoms. The van der Waals surface area contributed by atoms with Gasteiger partial charge in [0.15, 0.2) is 0 Å². The van der Waals surface area contributed by atoms with Crippen molar-refractivity contribution < 1.29 is 0 Å². The molecule has 0 bridgehead atoms.